The average molecular weight is 345 g/mol. The fourth-order valence-corrected chi connectivity index (χ4v) is 3.26. The lowest BCUT2D eigenvalue weighted by Crippen LogP contribution is -2.07. The quantitative estimate of drug-likeness (QED) is 0.746. The number of aromatic nitrogens is 4. The Balaban J connectivity index is 2.04. The topological polar surface area (TPSA) is 107 Å². The van der Waals surface area contributed by atoms with E-state index >= 15 is 0 Å². The number of hydrogen-bond donors (Lipinski definition) is 2. The van der Waals surface area contributed by atoms with Gasteiger partial charge in [0.05, 0.1) is 5.57 Å². The van der Waals surface area contributed by atoms with Crippen molar-refractivity contribution in [2.24, 2.45) is 0 Å². The highest BCUT2D eigenvalue weighted by atomic mass is 32.1. The summed E-state index contributed by atoms with van der Waals surface area (Å²) in [5.74, 6) is 0. The Labute approximate surface area is 141 Å². The van der Waals surface area contributed by atoms with E-state index in [2.05, 4.69) is 20.4 Å². The Morgan fingerprint density at radius 1 is 0.913 bits per heavy atom. The predicted molar refractivity (Wildman–Crippen MR) is 96.4 cm³/mol. The van der Waals surface area contributed by atoms with Gasteiger partial charge in [-0.15, -0.1) is 20.4 Å². The Morgan fingerprint density at radius 2 is 1.43 bits per heavy atom. The van der Waals surface area contributed by atoms with Gasteiger partial charge in [0.1, 0.15) is 0 Å². The molecule has 0 aliphatic heterocycles. The summed E-state index contributed by atoms with van der Waals surface area (Å²) in [5, 5.41) is 18.2. The molecule has 118 valence electrons. The molecule has 0 atom stereocenters. The summed E-state index contributed by atoms with van der Waals surface area (Å²) in [6, 6.07) is 8.16. The molecule has 3 rings (SSSR count). The normalized spacial score (nSPS) is 10.5. The largest absolute Gasteiger partial charge is 0.378 e. The van der Waals surface area contributed by atoms with Crippen LogP contribution >= 0.6 is 22.7 Å². The van der Waals surface area contributed by atoms with Gasteiger partial charge in [-0.3, -0.25) is 0 Å². The molecule has 4 N–H and O–H groups in total. The van der Waals surface area contributed by atoms with Gasteiger partial charge in [-0.25, -0.2) is 0 Å². The fourth-order valence-electron chi connectivity index (χ4n) is 1.94. The van der Waals surface area contributed by atoms with Gasteiger partial charge >= 0.3 is 0 Å². The maximum Gasteiger partial charge on any atom is 0.203 e. The Kier molecular flexibility index (Phi) is 4.22. The highest BCUT2D eigenvalue weighted by Crippen LogP contribution is 2.31. The molecule has 1 aromatic carbocycles. The number of nitrogens with zero attached hydrogens (tertiary/aromatic N) is 5. The fraction of sp³-hybridized carbons (Fsp3) is 0.143. The summed E-state index contributed by atoms with van der Waals surface area (Å²) >= 11 is 2.61. The minimum Gasteiger partial charge on any atom is -0.378 e. The lowest BCUT2D eigenvalue weighted by molar-refractivity contribution is 1.06. The molecule has 0 radical (unpaired) electrons. The van der Waals surface area contributed by atoms with Crippen molar-refractivity contribution in [1.82, 2.24) is 20.4 Å². The third-order valence-electron chi connectivity index (χ3n) is 3.06. The predicted octanol–water partition coefficient (Wildman–Crippen LogP) is 2.21. The van der Waals surface area contributed by atoms with Crippen molar-refractivity contribution in [3.8, 4) is 0 Å². The number of anilines is 3. The summed E-state index contributed by atoms with van der Waals surface area (Å²) in [4.78, 5) is 2.05. The average Bonchev–Trinajstić information content (AvgIpc) is 3.14. The molecule has 23 heavy (non-hydrogen) atoms. The van der Waals surface area contributed by atoms with Crippen molar-refractivity contribution in [2.75, 3.05) is 30.5 Å². The minimum atomic E-state index is 0.409. The molecule has 0 bridgehead atoms. The van der Waals surface area contributed by atoms with Crippen LogP contribution in [0.25, 0.3) is 11.6 Å². The van der Waals surface area contributed by atoms with Gasteiger partial charge in [0.2, 0.25) is 10.3 Å². The molecule has 0 spiro atoms. The van der Waals surface area contributed by atoms with Gasteiger partial charge < -0.3 is 16.4 Å². The van der Waals surface area contributed by atoms with E-state index in [1.54, 1.807) is 0 Å². The lowest BCUT2D eigenvalue weighted by Gasteiger charge is -2.12. The molecule has 0 fully saturated rings. The first-order valence-electron chi connectivity index (χ1n) is 6.71. The van der Waals surface area contributed by atoms with Crippen LogP contribution in [0.1, 0.15) is 15.6 Å². The molecular weight excluding hydrogens is 330 g/mol. The van der Waals surface area contributed by atoms with Crippen molar-refractivity contribution in [2.45, 2.75) is 0 Å². The first-order valence-corrected chi connectivity index (χ1v) is 8.34. The standard InChI is InChI=1S/C14H15N7S2/c1-21(2)9-5-3-8(4-6-9)7-10(11-17-19-13(15)22-11)12-18-20-14(16)23-12/h3-7H,1-2H3,(H2,15,19)(H2,16,20). The van der Waals surface area contributed by atoms with Crippen LogP contribution in [0.5, 0.6) is 0 Å². The molecule has 2 aromatic heterocycles. The summed E-state index contributed by atoms with van der Waals surface area (Å²) in [7, 11) is 4.01. The van der Waals surface area contributed by atoms with Crippen LogP contribution < -0.4 is 16.4 Å². The second-order valence-corrected chi connectivity index (χ2v) is 6.95. The minimum absolute atomic E-state index is 0.409. The van der Waals surface area contributed by atoms with Crippen molar-refractivity contribution in [1.29, 1.82) is 0 Å². The van der Waals surface area contributed by atoms with Crippen LogP contribution in [0.3, 0.4) is 0 Å². The lowest BCUT2D eigenvalue weighted by atomic mass is 10.1. The van der Waals surface area contributed by atoms with Crippen molar-refractivity contribution in [3.05, 3.63) is 39.8 Å². The van der Waals surface area contributed by atoms with E-state index in [4.69, 9.17) is 11.5 Å². The van der Waals surface area contributed by atoms with Crippen LogP contribution in [0.4, 0.5) is 16.0 Å². The Hall–Kier alpha value is -2.52. The molecule has 0 saturated heterocycles. The third kappa shape index (κ3) is 3.46. The maximum atomic E-state index is 5.70. The first-order chi connectivity index (χ1) is 11.0. The molecule has 0 unspecified atom stereocenters. The SMILES string of the molecule is CN(C)c1ccc(C=C(c2nnc(N)s2)c2nnc(N)s2)cc1. The molecule has 0 amide bonds. The van der Waals surface area contributed by atoms with Gasteiger partial charge in [0.15, 0.2) is 10.0 Å². The van der Waals surface area contributed by atoms with Crippen molar-refractivity contribution >= 4 is 50.3 Å². The highest BCUT2D eigenvalue weighted by Gasteiger charge is 2.15. The van der Waals surface area contributed by atoms with E-state index in [0.29, 0.717) is 20.3 Å². The van der Waals surface area contributed by atoms with E-state index < -0.39 is 0 Å². The van der Waals surface area contributed by atoms with E-state index in [9.17, 15) is 0 Å². The summed E-state index contributed by atoms with van der Waals surface area (Å²) < 4.78 is 0. The van der Waals surface area contributed by atoms with Crippen LogP contribution in [0, 0.1) is 0 Å². The smallest absolute Gasteiger partial charge is 0.203 e. The summed E-state index contributed by atoms with van der Waals surface area (Å²) in [6.45, 7) is 0. The molecular formula is C14H15N7S2. The molecule has 0 aliphatic carbocycles. The summed E-state index contributed by atoms with van der Waals surface area (Å²) in [6.07, 6.45) is 1.99. The molecule has 9 heteroatoms. The van der Waals surface area contributed by atoms with E-state index in [1.165, 1.54) is 22.7 Å². The van der Waals surface area contributed by atoms with Crippen LogP contribution in [0.15, 0.2) is 24.3 Å². The second-order valence-electron chi connectivity index (χ2n) is 4.93. The maximum absolute atomic E-state index is 5.70. The zero-order valence-corrected chi connectivity index (χ0v) is 14.2. The second kappa shape index (κ2) is 6.31. The number of hydrogen-bond acceptors (Lipinski definition) is 9. The number of nitrogen functional groups attached to an aromatic ring is 2. The van der Waals surface area contributed by atoms with Gasteiger partial charge in [-0.2, -0.15) is 0 Å². The molecule has 0 aliphatic rings. The molecule has 3 aromatic rings. The zero-order valence-electron chi connectivity index (χ0n) is 12.6. The van der Waals surface area contributed by atoms with E-state index in [-0.39, 0.29) is 0 Å². The van der Waals surface area contributed by atoms with E-state index in [0.717, 1.165) is 16.8 Å². The van der Waals surface area contributed by atoms with Gasteiger partial charge in [0, 0.05) is 19.8 Å². The monoisotopic (exact) mass is 345 g/mol. The van der Waals surface area contributed by atoms with E-state index in [1.807, 2.05) is 49.3 Å². The van der Waals surface area contributed by atoms with Gasteiger partial charge in [-0.1, -0.05) is 34.8 Å². The van der Waals surface area contributed by atoms with Gasteiger partial charge in [0.25, 0.3) is 0 Å². The molecule has 0 saturated carbocycles. The molecule has 7 nitrogen and oxygen atoms in total. The van der Waals surface area contributed by atoms with Crippen LogP contribution in [-0.4, -0.2) is 34.5 Å². The van der Waals surface area contributed by atoms with Crippen LogP contribution in [0.2, 0.25) is 0 Å². The highest BCUT2D eigenvalue weighted by molar-refractivity contribution is 7.18. The zero-order chi connectivity index (χ0) is 16.4. The van der Waals surface area contributed by atoms with Crippen molar-refractivity contribution in [3.63, 3.8) is 0 Å². The van der Waals surface area contributed by atoms with Gasteiger partial charge in [-0.05, 0) is 23.8 Å². The third-order valence-corrected chi connectivity index (χ3v) is 4.63. The molecule has 2 heterocycles. The van der Waals surface area contributed by atoms with Crippen LogP contribution in [-0.2, 0) is 0 Å². The number of benzene rings is 1. The Morgan fingerprint density at radius 3 is 1.83 bits per heavy atom. The van der Waals surface area contributed by atoms with Crippen molar-refractivity contribution < 1.29 is 0 Å². The first kappa shape index (κ1) is 15.4. The number of rotatable bonds is 4. The Bertz CT molecular complexity index is 791. The number of nitrogens with two attached hydrogens (primary N) is 2. The summed E-state index contributed by atoms with van der Waals surface area (Å²) in [5.41, 5.74) is 14.4.